The molecule has 8 heteroatoms. The van der Waals surface area contributed by atoms with E-state index >= 15 is 0 Å². The molecule has 0 radical (unpaired) electrons. The zero-order chi connectivity index (χ0) is 23.4. The fraction of sp³-hybridized carbons (Fsp3) is 0.240. The number of sulfonamides is 1. The third kappa shape index (κ3) is 5.05. The van der Waals surface area contributed by atoms with E-state index in [0.717, 1.165) is 16.8 Å². The molecular weight excluding hydrogens is 460 g/mol. The van der Waals surface area contributed by atoms with Gasteiger partial charge in [0.05, 0.1) is 17.0 Å². The Morgan fingerprint density at radius 3 is 2.33 bits per heavy atom. The number of piperidine rings is 1. The van der Waals surface area contributed by atoms with E-state index in [1.165, 1.54) is 23.5 Å². The normalized spacial score (nSPS) is 15.2. The lowest BCUT2D eigenvalue weighted by atomic mass is 9.96. The Hall–Kier alpha value is -2.87. The van der Waals surface area contributed by atoms with Crippen molar-refractivity contribution < 1.29 is 17.9 Å². The van der Waals surface area contributed by atoms with Gasteiger partial charge in [0.15, 0.2) is 0 Å². The number of nitrogens with zero attached hydrogens (tertiary/aromatic N) is 1. The number of carbonyl (C=O) groups is 1. The Bertz CT molecular complexity index is 1240. The molecule has 3 aromatic carbocycles. The number of carbonyl (C=O) groups excluding carboxylic acids is 1. The van der Waals surface area contributed by atoms with Crippen molar-refractivity contribution in [1.82, 2.24) is 4.31 Å². The summed E-state index contributed by atoms with van der Waals surface area (Å²) in [5.74, 6) is 0.0597. The third-order valence-electron chi connectivity index (χ3n) is 5.86. The van der Waals surface area contributed by atoms with Crippen molar-refractivity contribution in [2.24, 2.45) is 5.92 Å². The van der Waals surface area contributed by atoms with E-state index in [9.17, 15) is 13.2 Å². The van der Waals surface area contributed by atoms with Crippen molar-refractivity contribution in [3.63, 3.8) is 0 Å². The number of amides is 1. The number of benzene rings is 3. The average molecular weight is 485 g/mol. The number of methoxy groups -OCH3 is 1. The van der Waals surface area contributed by atoms with E-state index < -0.39 is 10.0 Å². The number of para-hydroxylation sites is 1. The van der Waals surface area contributed by atoms with Crippen molar-refractivity contribution in [3.8, 4) is 16.9 Å². The second kappa shape index (κ2) is 9.95. The highest BCUT2D eigenvalue weighted by Crippen LogP contribution is 2.32. The molecule has 3 aromatic rings. The lowest BCUT2D eigenvalue weighted by Gasteiger charge is -2.30. The van der Waals surface area contributed by atoms with Gasteiger partial charge in [0, 0.05) is 30.3 Å². The predicted octanol–water partition coefficient (Wildman–Crippen LogP) is 5.06. The zero-order valence-electron chi connectivity index (χ0n) is 18.2. The number of hydrogen-bond donors (Lipinski definition) is 1. The molecular formula is C25H25ClN2O4S. The number of hydrogen-bond acceptors (Lipinski definition) is 4. The Balaban J connectivity index is 1.43. The van der Waals surface area contributed by atoms with E-state index in [0.29, 0.717) is 18.6 Å². The van der Waals surface area contributed by atoms with E-state index in [4.69, 9.17) is 16.3 Å². The van der Waals surface area contributed by atoms with Crippen LogP contribution in [0.25, 0.3) is 11.1 Å². The summed E-state index contributed by atoms with van der Waals surface area (Å²) in [5.41, 5.74) is 2.71. The summed E-state index contributed by atoms with van der Waals surface area (Å²) in [5, 5.41) is 3.29. The van der Waals surface area contributed by atoms with Gasteiger partial charge in [-0.05, 0) is 42.7 Å². The van der Waals surface area contributed by atoms with Crippen molar-refractivity contribution in [1.29, 1.82) is 0 Å². The molecule has 1 N–H and O–H groups in total. The summed E-state index contributed by atoms with van der Waals surface area (Å²) in [6, 6.07) is 22.0. The first-order chi connectivity index (χ1) is 15.9. The standard InChI is InChI=1S/C25H25ClN2O4S/c1-32-24-12-11-20(17-22(24)26)33(30,31)28-15-13-19(14-16-28)25(29)27-23-10-6-5-9-21(23)18-7-3-2-4-8-18/h2-12,17,19H,13-16H2,1H3,(H,27,29). The molecule has 1 heterocycles. The molecule has 0 bridgehead atoms. The molecule has 1 aliphatic rings. The lowest BCUT2D eigenvalue weighted by molar-refractivity contribution is -0.120. The summed E-state index contributed by atoms with van der Waals surface area (Å²) in [6.45, 7) is 0.537. The maximum absolute atomic E-state index is 13.0. The van der Waals surface area contributed by atoms with Gasteiger partial charge in [0.1, 0.15) is 5.75 Å². The van der Waals surface area contributed by atoms with Gasteiger partial charge in [-0.15, -0.1) is 0 Å². The number of nitrogens with one attached hydrogen (secondary N) is 1. The molecule has 1 amide bonds. The molecule has 6 nitrogen and oxygen atoms in total. The largest absolute Gasteiger partial charge is 0.495 e. The summed E-state index contributed by atoms with van der Waals surface area (Å²) in [6.07, 6.45) is 0.894. The van der Waals surface area contributed by atoms with Crippen LogP contribution < -0.4 is 10.1 Å². The minimum absolute atomic E-state index is 0.0945. The monoisotopic (exact) mass is 484 g/mol. The number of rotatable bonds is 6. The number of anilines is 1. The number of halogens is 1. The first-order valence-corrected chi connectivity index (χ1v) is 12.5. The van der Waals surface area contributed by atoms with E-state index in [2.05, 4.69) is 5.32 Å². The molecule has 4 rings (SSSR count). The SMILES string of the molecule is COc1ccc(S(=O)(=O)N2CCC(C(=O)Nc3ccccc3-c3ccccc3)CC2)cc1Cl. The fourth-order valence-electron chi connectivity index (χ4n) is 4.01. The Labute approximate surface area is 199 Å². The third-order valence-corrected chi connectivity index (χ3v) is 8.05. The maximum atomic E-state index is 13.0. The van der Waals surface area contributed by atoms with Crippen LogP contribution in [0.2, 0.25) is 5.02 Å². The zero-order valence-corrected chi connectivity index (χ0v) is 19.8. The smallest absolute Gasteiger partial charge is 0.243 e. The van der Waals surface area contributed by atoms with Gasteiger partial charge in [-0.2, -0.15) is 4.31 Å². The maximum Gasteiger partial charge on any atom is 0.243 e. The van der Waals surface area contributed by atoms with E-state index in [-0.39, 0.29) is 34.8 Å². The van der Waals surface area contributed by atoms with Crippen LogP contribution in [-0.4, -0.2) is 38.8 Å². The first kappa shape index (κ1) is 23.3. The van der Waals surface area contributed by atoms with Crippen LogP contribution >= 0.6 is 11.6 Å². The molecule has 0 aromatic heterocycles. The second-order valence-electron chi connectivity index (χ2n) is 7.88. The van der Waals surface area contributed by atoms with Gasteiger partial charge < -0.3 is 10.1 Å². The van der Waals surface area contributed by atoms with Crippen LogP contribution in [0, 0.1) is 5.92 Å². The molecule has 0 unspecified atom stereocenters. The Morgan fingerprint density at radius 1 is 1.00 bits per heavy atom. The fourth-order valence-corrected chi connectivity index (χ4v) is 5.83. The second-order valence-corrected chi connectivity index (χ2v) is 10.2. The van der Waals surface area contributed by atoms with Gasteiger partial charge in [-0.25, -0.2) is 8.42 Å². The van der Waals surface area contributed by atoms with E-state index in [1.807, 2.05) is 54.6 Å². The molecule has 0 atom stereocenters. The Kier molecular flexibility index (Phi) is 7.02. The minimum atomic E-state index is -3.70. The van der Waals surface area contributed by atoms with E-state index in [1.54, 1.807) is 6.07 Å². The van der Waals surface area contributed by atoms with Gasteiger partial charge in [-0.3, -0.25) is 4.79 Å². The molecule has 0 aliphatic carbocycles. The quantitative estimate of drug-likeness (QED) is 0.531. The molecule has 0 spiro atoms. The molecule has 33 heavy (non-hydrogen) atoms. The molecule has 1 aliphatic heterocycles. The summed E-state index contributed by atoms with van der Waals surface area (Å²) >= 11 is 6.11. The van der Waals surface area contributed by atoms with Gasteiger partial charge in [-0.1, -0.05) is 60.1 Å². The van der Waals surface area contributed by atoms with Crippen LogP contribution in [0.15, 0.2) is 77.7 Å². The van der Waals surface area contributed by atoms with Crippen LogP contribution in [0.1, 0.15) is 12.8 Å². The van der Waals surface area contributed by atoms with Crippen molar-refractivity contribution >= 4 is 33.2 Å². The highest BCUT2D eigenvalue weighted by Gasteiger charge is 2.32. The van der Waals surface area contributed by atoms with Crippen LogP contribution in [0.3, 0.4) is 0 Å². The van der Waals surface area contributed by atoms with Crippen molar-refractivity contribution in [2.75, 3.05) is 25.5 Å². The number of ether oxygens (including phenoxy) is 1. The van der Waals surface area contributed by atoms with Crippen LogP contribution in [-0.2, 0) is 14.8 Å². The van der Waals surface area contributed by atoms with Gasteiger partial charge in [0.25, 0.3) is 0 Å². The lowest BCUT2D eigenvalue weighted by Crippen LogP contribution is -2.41. The first-order valence-electron chi connectivity index (χ1n) is 10.7. The van der Waals surface area contributed by atoms with Crippen molar-refractivity contribution in [2.45, 2.75) is 17.7 Å². The molecule has 0 saturated carbocycles. The molecule has 1 fully saturated rings. The highest BCUT2D eigenvalue weighted by molar-refractivity contribution is 7.89. The molecule has 172 valence electrons. The topological polar surface area (TPSA) is 75.7 Å². The van der Waals surface area contributed by atoms with Crippen molar-refractivity contribution in [3.05, 3.63) is 77.8 Å². The predicted molar refractivity (Wildman–Crippen MR) is 130 cm³/mol. The highest BCUT2D eigenvalue weighted by atomic mass is 35.5. The van der Waals surface area contributed by atoms with Crippen LogP contribution in [0.4, 0.5) is 5.69 Å². The van der Waals surface area contributed by atoms with Gasteiger partial charge >= 0.3 is 0 Å². The molecule has 1 saturated heterocycles. The summed E-state index contributed by atoms with van der Waals surface area (Å²) < 4.78 is 32.6. The summed E-state index contributed by atoms with van der Waals surface area (Å²) in [4.78, 5) is 13.1. The minimum Gasteiger partial charge on any atom is -0.495 e. The summed E-state index contributed by atoms with van der Waals surface area (Å²) in [7, 11) is -2.22. The van der Waals surface area contributed by atoms with Crippen LogP contribution in [0.5, 0.6) is 5.75 Å². The Morgan fingerprint density at radius 2 is 1.67 bits per heavy atom. The van der Waals surface area contributed by atoms with Gasteiger partial charge in [0.2, 0.25) is 15.9 Å². The average Bonchev–Trinajstić information content (AvgIpc) is 2.85.